The number of carbonyl (C=O) groups excluding carboxylic acids is 1. The first kappa shape index (κ1) is 19.5. The first-order valence-corrected chi connectivity index (χ1v) is 10.5. The predicted molar refractivity (Wildman–Crippen MR) is 105 cm³/mol. The molecule has 0 atom stereocenters. The highest BCUT2D eigenvalue weighted by atomic mass is 32.2. The lowest BCUT2D eigenvalue weighted by Gasteiger charge is -2.10. The normalized spacial score (nSPS) is 10.8. The summed E-state index contributed by atoms with van der Waals surface area (Å²) in [6, 6.07) is 6.59. The Morgan fingerprint density at radius 1 is 1.14 bits per heavy atom. The van der Waals surface area contributed by atoms with E-state index in [2.05, 4.69) is 30.5 Å². The molecule has 0 aliphatic rings. The second-order valence-corrected chi connectivity index (χ2v) is 8.35. The topological polar surface area (TPSA) is 96.5 Å². The standard InChI is InChI=1S/C17H10F2N6OS3/c18-9-1-2-11(10(19)7-9)28-12-3-4-13(29-17-21-8-22-25-17)23-14(12)15(26)24-16-20-5-6-27-16/h1-8H,(H,20,24,26)(H,21,22,25). The monoisotopic (exact) mass is 448 g/mol. The number of aromatic nitrogens is 5. The number of nitrogens with zero attached hydrogens (tertiary/aromatic N) is 4. The van der Waals surface area contributed by atoms with E-state index in [1.807, 2.05) is 0 Å². The van der Waals surface area contributed by atoms with Crippen LogP contribution in [-0.4, -0.2) is 31.1 Å². The van der Waals surface area contributed by atoms with E-state index in [0.29, 0.717) is 20.2 Å². The third-order valence-electron chi connectivity index (χ3n) is 3.41. The Bertz CT molecular complexity index is 1140. The minimum absolute atomic E-state index is 0.0819. The van der Waals surface area contributed by atoms with E-state index in [1.54, 1.807) is 23.7 Å². The molecule has 4 rings (SSSR count). The van der Waals surface area contributed by atoms with Crippen LogP contribution in [0.2, 0.25) is 0 Å². The Hall–Kier alpha value is -2.83. The summed E-state index contributed by atoms with van der Waals surface area (Å²) in [4.78, 5) is 24.6. The van der Waals surface area contributed by atoms with Gasteiger partial charge < -0.3 is 4.98 Å². The molecule has 0 radical (unpaired) electrons. The van der Waals surface area contributed by atoms with Crippen molar-refractivity contribution in [1.29, 1.82) is 0 Å². The number of nitrogens with one attached hydrogen (secondary N) is 2. The molecule has 0 spiro atoms. The van der Waals surface area contributed by atoms with Gasteiger partial charge in [0.25, 0.3) is 5.91 Å². The number of aromatic amines is 1. The van der Waals surface area contributed by atoms with Crippen molar-refractivity contribution in [3.8, 4) is 0 Å². The van der Waals surface area contributed by atoms with E-state index in [-0.39, 0.29) is 10.6 Å². The number of H-pyrrole nitrogens is 1. The second-order valence-electron chi connectivity index (χ2n) is 5.36. The van der Waals surface area contributed by atoms with Crippen molar-refractivity contribution in [2.45, 2.75) is 20.0 Å². The van der Waals surface area contributed by atoms with Crippen molar-refractivity contribution in [2.24, 2.45) is 0 Å². The molecular formula is C17H10F2N6OS3. The van der Waals surface area contributed by atoms with Gasteiger partial charge in [-0.15, -0.1) is 21.5 Å². The van der Waals surface area contributed by atoms with Gasteiger partial charge in [0, 0.05) is 27.4 Å². The molecule has 0 unspecified atom stereocenters. The van der Waals surface area contributed by atoms with Gasteiger partial charge in [0.1, 0.15) is 28.7 Å². The van der Waals surface area contributed by atoms with Crippen molar-refractivity contribution in [3.05, 3.63) is 65.6 Å². The summed E-state index contributed by atoms with van der Waals surface area (Å²) in [5.41, 5.74) is 0.0819. The van der Waals surface area contributed by atoms with Gasteiger partial charge in [-0.05, 0) is 36.0 Å². The molecular weight excluding hydrogens is 438 g/mol. The average Bonchev–Trinajstić information content (AvgIpc) is 3.39. The minimum atomic E-state index is -0.721. The van der Waals surface area contributed by atoms with E-state index in [1.165, 1.54) is 35.5 Å². The highest BCUT2D eigenvalue weighted by Gasteiger charge is 2.19. The largest absolute Gasteiger partial charge is 0.322 e. The summed E-state index contributed by atoms with van der Waals surface area (Å²) in [7, 11) is 0. The van der Waals surface area contributed by atoms with E-state index >= 15 is 0 Å². The fourth-order valence-electron chi connectivity index (χ4n) is 2.19. The molecule has 0 aliphatic heterocycles. The molecule has 0 saturated carbocycles. The second kappa shape index (κ2) is 8.68. The third kappa shape index (κ3) is 4.78. The number of halogens is 2. The van der Waals surface area contributed by atoms with Gasteiger partial charge in [-0.3, -0.25) is 10.1 Å². The number of hydrogen-bond donors (Lipinski definition) is 2. The molecule has 12 heteroatoms. The van der Waals surface area contributed by atoms with Gasteiger partial charge in [-0.25, -0.2) is 18.7 Å². The van der Waals surface area contributed by atoms with Crippen LogP contribution in [0.5, 0.6) is 0 Å². The van der Waals surface area contributed by atoms with E-state index in [4.69, 9.17) is 0 Å². The molecule has 3 heterocycles. The van der Waals surface area contributed by atoms with Crippen LogP contribution in [0.3, 0.4) is 0 Å². The maximum absolute atomic E-state index is 14.1. The van der Waals surface area contributed by atoms with Crippen molar-refractivity contribution in [1.82, 2.24) is 25.1 Å². The zero-order valence-corrected chi connectivity index (χ0v) is 16.7. The van der Waals surface area contributed by atoms with Gasteiger partial charge >= 0.3 is 0 Å². The summed E-state index contributed by atoms with van der Waals surface area (Å²) in [6.45, 7) is 0. The van der Waals surface area contributed by atoms with Crippen LogP contribution in [0.25, 0.3) is 0 Å². The summed E-state index contributed by atoms with van der Waals surface area (Å²) in [5, 5.41) is 13.4. The average molecular weight is 449 g/mol. The van der Waals surface area contributed by atoms with Gasteiger partial charge in [0.15, 0.2) is 10.3 Å². The molecule has 29 heavy (non-hydrogen) atoms. The van der Waals surface area contributed by atoms with Crippen molar-refractivity contribution in [2.75, 3.05) is 5.32 Å². The highest BCUT2D eigenvalue weighted by Crippen LogP contribution is 2.34. The van der Waals surface area contributed by atoms with Crippen LogP contribution in [0, 0.1) is 11.6 Å². The minimum Gasteiger partial charge on any atom is -0.322 e. The van der Waals surface area contributed by atoms with Gasteiger partial charge in [0.05, 0.1) is 0 Å². The Kier molecular flexibility index (Phi) is 5.83. The fraction of sp³-hybridized carbons (Fsp3) is 0. The highest BCUT2D eigenvalue weighted by molar-refractivity contribution is 7.99. The lowest BCUT2D eigenvalue weighted by atomic mass is 10.3. The number of benzene rings is 1. The Morgan fingerprint density at radius 2 is 2.00 bits per heavy atom. The zero-order valence-electron chi connectivity index (χ0n) is 14.3. The van der Waals surface area contributed by atoms with Gasteiger partial charge in [0.2, 0.25) is 0 Å². The lowest BCUT2D eigenvalue weighted by Crippen LogP contribution is -2.15. The molecule has 7 nitrogen and oxygen atoms in total. The van der Waals surface area contributed by atoms with Crippen LogP contribution in [0.1, 0.15) is 10.5 Å². The fourth-order valence-corrected chi connectivity index (χ4v) is 4.29. The molecule has 2 N–H and O–H groups in total. The molecule has 4 aromatic rings. The molecule has 0 fully saturated rings. The number of amides is 1. The molecule has 1 aromatic carbocycles. The first-order chi connectivity index (χ1) is 14.1. The maximum Gasteiger partial charge on any atom is 0.277 e. The van der Waals surface area contributed by atoms with Crippen LogP contribution in [-0.2, 0) is 0 Å². The number of pyridine rings is 1. The van der Waals surface area contributed by atoms with Gasteiger partial charge in [-0.1, -0.05) is 11.8 Å². The lowest BCUT2D eigenvalue weighted by molar-refractivity contribution is 0.101. The smallest absolute Gasteiger partial charge is 0.277 e. The van der Waals surface area contributed by atoms with Crippen LogP contribution in [0.4, 0.5) is 13.9 Å². The van der Waals surface area contributed by atoms with Gasteiger partial charge in [-0.2, -0.15) is 0 Å². The number of hydrogen-bond acceptors (Lipinski definition) is 8. The summed E-state index contributed by atoms with van der Waals surface area (Å²) in [6.07, 6.45) is 2.99. The van der Waals surface area contributed by atoms with Crippen LogP contribution >= 0.6 is 34.9 Å². The van der Waals surface area contributed by atoms with Crippen molar-refractivity contribution in [3.63, 3.8) is 0 Å². The van der Waals surface area contributed by atoms with Crippen LogP contribution in [0.15, 0.2) is 68.2 Å². The first-order valence-electron chi connectivity index (χ1n) is 7.97. The molecule has 0 aliphatic carbocycles. The Morgan fingerprint density at radius 3 is 2.72 bits per heavy atom. The molecule has 0 saturated heterocycles. The van der Waals surface area contributed by atoms with E-state index in [9.17, 15) is 13.6 Å². The summed E-state index contributed by atoms with van der Waals surface area (Å²) in [5.74, 6) is -1.89. The molecule has 1 amide bonds. The molecule has 146 valence electrons. The molecule has 0 bridgehead atoms. The number of rotatable bonds is 6. The van der Waals surface area contributed by atoms with Crippen molar-refractivity contribution < 1.29 is 13.6 Å². The predicted octanol–water partition coefficient (Wildman–Crippen LogP) is 4.49. The maximum atomic E-state index is 14.1. The Labute approximate surface area is 175 Å². The SMILES string of the molecule is O=C(Nc1nccs1)c1nc(Sc2nnc[nH]2)ccc1Sc1ccc(F)cc1F. The number of carbonyl (C=O) groups is 1. The van der Waals surface area contributed by atoms with E-state index in [0.717, 1.165) is 23.9 Å². The zero-order chi connectivity index (χ0) is 20.2. The van der Waals surface area contributed by atoms with Crippen molar-refractivity contribution >= 4 is 45.9 Å². The number of anilines is 1. The summed E-state index contributed by atoms with van der Waals surface area (Å²) < 4.78 is 27.3. The van der Waals surface area contributed by atoms with E-state index < -0.39 is 17.5 Å². The number of thiazole rings is 1. The molecule has 3 aromatic heterocycles. The summed E-state index contributed by atoms with van der Waals surface area (Å²) >= 11 is 3.43. The third-order valence-corrected chi connectivity index (χ3v) is 6.03. The van der Waals surface area contributed by atoms with Crippen LogP contribution < -0.4 is 5.32 Å². The quantitative estimate of drug-likeness (QED) is 0.449. The Balaban J connectivity index is 1.67.